The molecule has 108 valence electrons. The molecule has 0 bridgehead atoms. The number of nitrogens with one attached hydrogen (secondary N) is 2. The Bertz CT molecular complexity index is 508. The molecule has 0 saturated heterocycles. The summed E-state index contributed by atoms with van der Waals surface area (Å²) in [4.78, 5) is 13.4. The van der Waals surface area contributed by atoms with Gasteiger partial charge >= 0.3 is 6.03 Å². The van der Waals surface area contributed by atoms with E-state index in [0.29, 0.717) is 12.6 Å². The van der Waals surface area contributed by atoms with Crippen molar-refractivity contribution >= 4 is 11.7 Å². The van der Waals surface area contributed by atoms with Gasteiger partial charge in [0.15, 0.2) is 0 Å². The van der Waals surface area contributed by atoms with Gasteiger partial charge in [-0.1, -0.05) is 25.0 Å². The highest BCUT2D eigenvalue weighted by Crippen LogP contribution is 2.37. The molecule has 1 heterocycles. The average Bonchev–Trinajstić information content (AvgIpc) is 2.95. The predicted molar refractivity (Wildman–Crippen MR) is 80.7 cm³/mol. The highest BCUT2D eigenvalue weighted by atomic mass is 16.2. The van der Waals surface area contributed by atoms with E-state index in [0.717, 1.165) is 11.6 Å². The van der Waals surface area contributed by atoms with Crippen LogP contribution in [0.5, 0.6) is 0 Å². The van der Waals surface area contributed by atoms with Crippen molar-refractivity contribution in [2.45, 2.75) is 38.3 Å². The molecule has 2 N–H and O–H groups in total. The van der Waals surface area contributed by atoms with Gasteiger partial charge in [-0.3, -0.25) is 0 Å². The van der Waals surface area contributed by atoms with Gasteiger partial charge in [0.05, 0.1) is 0 Å². The predicted octanol–water partition coefficient (Wildman–Crippen LogP) is 3.11. The number of carbonyl (C=O) groups is 1. The van der Waals surface area contributed by atoms with Crippen LogP contribution in [0.15, 0.2) is 18.2 Å². The Kier molecular flexibility index (Phi) is 3.66. The highest BCUT2D eigenvalue weighted by Gasteiger charge is 2.26. The van der Waals surface area contributed by atoms with E-state index in [1.54, 1.807) is 4.90 Å². The smallest absolute Gasteiger partial charge is 0.321 e. The van der Waals surface area contributed by atoms with E-state index in [2.05, 4.69) is 35.9 Å². The molecular weight excluding hydrogens is 250 g/mol. The summed E-state index contributed by atoms with van der Waals surface area (Å²) in [7, 11) is 3.88. The lowest BCUT2D eigenvalue weighted by molar-refractivity contribution is 0.218. The lowest BCUT2D eigenvalue weighted by Crippen LogP contribution is -2.35. The number of fused-ring (bicyclic) bond motifs is 1. The first-order valence-corrected chi connectivity index (χ1v) is 7.51. The van der Waals surface area contributed by atoms with E-state index in [-0.39, 0.29) is 6.03 Å². The van der Waals surface area contributed by atoms with Gasteiger partial charge in [-0.05, 0) is 43.0 Å². The molecule has 0 spiro atoms. The summed E-state index contributed by atoms with van der Waals surface area (Å²) in [5.74, 6) is 0.744. The lowest BCUT2D eigenvalue weighted by Gasteiger charge is -2.29. The van der Waals surface area contributed by atoms with Crippen molar-refractivity contribution in [3.05, 3.63) is 29.3 Å². The number of hydrogen-bond donors (Lipinski definition) is 2. The standard InChI is InChI=1S/C16H23N3O/c1-17-15(11-5-3-4-6-11)12-7-8-14-13(9-12)10-19(2)16(20)18-14/h7-9,11,15,17H,3-6,10H2,1-2H3,(H,18,20). The van der Waals surface area contributed by atoms with Gasteiger partial charge in [-0.2, -0.15) is 0 Å². The van der Waals surface area contributed by atoms with Crippen LogP contribution in [0.4, 0.5) is 10.5 Å². The summed E-state index contributed by atoms with van der Waals surface area (Å²) in [5, 5.41) is 6.42. The summed E-state index contributed by atoms with van der Waals surface area (Å²) in [6.45, 7) is 0.691. The van der Waals surface area contributed by atoms with E-state index >= 15 is 0 Å². The number of nitrogens with zero attached hydrogens (tertiary/aromatic N) is 1. The van der Waals surface area contributed by atoms with Gasteiger partial charge < -0.3 is 15.5 Å². The second-order valence-corrected chi connectivity index (χ2v) is 6.01. The molecule has 0 radical (unpaired) electrons. The third kappa shape index (κ3) is 2.40. The van der Waals surface area contributed by atoms with Crippen LogP contribution in [-0.4, -0.2) is 25.0 Å². The number of urea groups is 1. The molecule has 1 saturated carbocycles. The Balaban J connectivity index is 1.87. The largest absolute Gasteiger partial charge is 0.323 e. The molecule has 1 unspecified atom stereocenters. The summed E-state index contributed by atoms with van der Waals surface area (Å²) in [6.07, 6.45) is 5.34. The fraction of sp³-hybridized carbons (Fsp3) is 0.562. The summed E-state index contributed by atoms with van der Waals surface area (Å²) >= 11 is 0. The summed E-state index contributed by atoms with van der Waals surface area (Å²) in [5.41, 5.74) is 3.52. The fourth-order valence-corrected chi connectivity index (χ4v) is 3.56. The number of rotatable bonds is 3. The molecule has 4 nitrogen and oxygen atoms in total. The number of carbonyl (C=O) groups excluding carboxylic acids is 1. The van der Waals surface area contributed by atoms with Crippen LogP contribution in [0.3, 0.4) is 0 Å². The number of benzene rings is 1. The van der Waals surface area contributed by atoms with Crippen molar-refractivity contribution < 1.29 is 4.79 Å². The molecular formula is C16H23N3O. The van der Waals surface area contributed by atoms with E-state index in [1.807, 2.05) is 7.05 Å². The van der Waals surface area contributed by atoms with E-state index in [1.165, 1.54) is 36.8 Å². The minimum absolute atomic E-state index is 0.0220. The Morgan fingerprint density at radius 2 is 2.10 bits per heavy atom. The molecule has 4 heteroatoms. The van der Waals surface area contributed by atoms with Gasteiger partial charge in [0.1, 0.15) is 0 Å². The summed E-state index contributed by atoms with van der Waals surface area (Å²) < 4.78 is 0. The zero-order chi connectivity index (χ0) is 14.1. The zero-order valence-corrected chi connectivity index (χ0v) is 12.3. The Hall–Kier alpha value is -1.55. The van der Waals surface area contributed by atoms with Crippen LogP contribution in [0.1, 0.15) is 42.9 Å². The van der Waals surface area contributed by atoms with Crippen molar-refractivity contribution in [2.24, 2.45) is 5.92 Å². The quantitative estimate of drug-likeness (QED) is 0.888. The minimum Gasteiger partial charge on any atom is -0.323 e. The molecule has 1 aliphatic carbocycles. The first-order chi connectivity index (χ1) is 9.69. The topological polar surface area (TPSA) is 44.4 Å². The first kappa shape index (κ1) is 13.4. The van der Waals surface area contributed by atoms with Crippen LogP contribution < -0.4 is 10.6 Å². The monoisotopic (exact) mass is 273 g/mol. The number of hydrogen-bond acceptors (Lipinski definition) is 2. The lowest BCUT2D eigenvalue weighted by atomic mass is 9.90. The van der Waals surface area contributed by atoms with E-state index in [9.17, 15) is 4.79 Å². The van der Waals surface area contributed by atoms with Crippen LogP contribution in [0.2, 0.25) is 0 Å². The molecule has 1 aromatic carbocycles. The van der Waals surface area contributed by atoms with E-state index in [4.69, 9.17) is 0 Å². The van der Waals surface area contributed by atoms with Crippen molar-refractivity contribution in [1.29, 1.82) is 0 Å². The van der Waals surface area contributed by atoms with Gasteiger partial charge in [-0.15, -0.1) is 0 Å². The molecule has 1 aromatic rings. The van der Waals surface area contributed by atoms with Crippen molar-refractivity contribution in [2.75, 3.05) is 19.4 Å². The first-order valence-electron chi connectivity index (χ1n) is 7.51. The highest BCUT2D eigenvalue weighted by molar-refractivity contribution is 5.92. The Morgan fingerprint density at radius 1 is 1.35 bits per heavy atom. The fourth-order valence-electron chi connectivity index (χ4n) is 3.56. The maximum atomic E-state index is 11.6. The third-order valence-electron chi connectivity index (χ3n) is 4.67. The molecule has 1 atom stereocenters. The Morgan fingerprint density at radius 3 is 2.80 bits per heavy atom. The van der Waals surface area contributed by atoms with Crippen molar-refractivity contribution in [1.82, 2.24) is 10.2 Å². The minimum atomic E-state index is -0.0220. The SMILES string of the molecule is CNC(c1ccc2c(c1)CN(C)C(=O)N2)C1CCCC1. The molecule has 1 aliphatic heterocycles. The maximum Gasteiger partial charge on any atom is 0.321 e. The zero-order valence-electron chi connectivity index (χ0n) is 12.3. The number of amides is 2. The second-order valence-electron chi connectivity index (χ2n) is 6.01. The normalized spacial score (nSPS) is 20.7. The van der Waals surface area contributed by atoms with Gasteiger partial charge in [0.25, 0.3) is 0 Å². The summed E-state index contributed by atoms with van der Waals surface area (Å²) in [6, 6.07) is 6.88. The van der Waals surface area contributed by atoms with Crippen LogP contribution in [-0.2, 0) is 6.54 Å². The number of anilines is 1. The van der Waals surface area contributed by atoms with Gasteiger partial charge in [0.2, 0.25) is 0 Å². The average molecular weight is 273 g/mol. The van der Waals surface area contributed by atoms with Gasteiger partial charge in [-0.25, -0.2) is 4.79 Å². The second kappa shape index (κ2) is 5.44. The molecule has 0 aromatic heterocycles. The van der Waals surface area contributed by atoms with Crippen molar-refractivity contribution in [3.8, 4) is 0 Å². The molecule has 20 heavy (non-hydrogen) atoms. The van der Waals surface area contributed by atoms with E-state index < -0.39 is 0 Å². The van der Waals surface area contributed by atoms with Crippen molar-refractivity contribution in [3.63, 3.8) is 0 Å². The third-order valence-corrected chi connectivity index (χ3v) is 4.67. The van der Waals surface area contributed by atoms with Crippen LogP contribution in [0.25, 0.3) is 0 Å². The van der Waals surface area contributed by atoms with Gasteiger partial charge in [0, 0.05) is 25.3 Å². The van der Waals surface area contributed by atoms with Crippen LogP contribution >= 0.6 is 0 Å². The molecule has 2 amide bonds. The molecule has 3 rings (SSSR count). The molecule has 1 fully saturated rings. The molecule has 2 aliphatic rings. The van der Waals surface area contributed by atoms with Crippen LogP contribution in [0, 0.1) is 5.92 Å². The maximum absolute atomic E-state index is 11.6. The Labute approximate surface area is 120 Å².